The summed E-state index contributed by atoms with van der Waals surface area (Å²) in [5.74, 6) is -4.37. The molecule has 24 heavy (non-hydrogen) atoms. The Bertz CT molecular complexity index is 334. The van der Waals surface area contributed by atoms with Gasteiger partial charge < -0.3 is 19.8 Å². The largest absolute Gasteiger partial charge is 0.549 e. The Balaban J connectivity index is -0.000000282. The van der Waals surface area contributed by atoms with Crippen molar-refractivity contribution >= 4 is 23.5 Å². The Hall–Kier alpha value is -1.05. The monoisotopic (exact) mass is 379 g/mol. The van der Waals surface area contributed by atoms with E-state index in [0.717, 1.165) is 6.61 Å². The second-order valence-corrected chi connectivity index (χ2v) is 5.94. The van der Waals surface area contributed by atoms with Gasteiger partial charge in [0.25, 0.3) is 0 Å². The maximum absolute atomic E-state index is 10.4. The van der Waals surface area contributed by atoms with E-state index < -0.39 is 23.8 Å². The van der Waals surface area contributed by atoms with Crippen molar-refractivity contribution in [2.24, 2.45) is 17.8 Å². The molecule has 0 aromatic rings. The average Bonchev–Trinajstić information content (AvgIpc) is 2.39. The van der Waals surface area contributed by atoms with Crippen molar-refractivity contribution in [3.8, 4) is 0 Å². The third-order valence-electron chi connectivity index (χ3n) is 2.78. The summed E-state index contributed by atoms with van der Waals surface area (Å²) in [5, 5.41) is 20.1. The number of carbonyl (C=O) groups is 4. The molecule has 0 amide bonds. The van der Waals surface area contributed by atoms with Gasteiger partial charge in [0.05, 0.1) is 23.8 Å². The number of Topliss-reactive ketones (excluding diaryl/α,β-unsaturated/α-hetero) is 2. The smallest absolute Gasteiger partial charge is 0.138 e. The van der Waals surface area contributed by atoms with Gasteiger partial charge in [0.1, 0.15) is 11.6 Å². The zero-order valence-corrected chi connectivity index (χ0v) is 16.8. The molecule has 0 spiro atoms. The van der Waals surface area contributed by atoms with Crippen LogP contribution in [0.25, 0.3) is 0 Å². The summed E-state index contributed by atoms with van der Waals surface area (Å²) in [6.07, 6.45) is 0.634. The van der Waals surface area contributed by atoms with Crippen molar-refractivity contribution in [3.63, 3.8) is 0 Å². The topological polar surface area (TPSA) is 124 Å². The van der Waals surface area contributed by atoms with Crippen LogP contribution in [0.4, 0.5) is 0 Å². The average molecular weight is 379 g/mol. The predicted molar refractivity (Wildman–Crippen MR) is 79.7 cm³/mol. The summed E-state index contributed by atoms with van der Waals surface area (Å²) in [4.78, 5) is 40.9. The second kappa shape index (κ2) is 16.8. The van der Waals surface area contributed by atoms with Crippen LogP contribution < -0.4 is 10.2 Å². The SMILES string of the molecule is CC(C)C[O][Ti+2].CCC(C(C)=O)C(=O)[O-].CCC(C(C)=O)C(=O)[O-]. The fraction of sp³-hybridized carbons (Fsp3) is 0.750. The first-order chi connectivity index (χ1) is 11.0. The Kier molecular flexibility index (Phi) is 19.4. The third-order valence-corrected chi connectivity index (χ3v) is 3.04. The number of carbonyl (C=O) groups excluding carboxylic acids is 4. The molecule has 0 heterocycles. The summed E-state index contributed by atoms with van der Waals surface area (Å²) in [6, 6.07) is 0. The van der Waals surface area contributed by atoms with Crippen molar-refractivity contribution in [2.45, 2.75) is 54.4 Å². The van der Waals surface area contributed by atoms with Crippen molar-refractivity contribution < 1.29 is 53.5 Å². The van der Waals surface area contributed by atoms with Gasteiger partial charge in [-0.05, 0) is 26.7 Å². The van der Waals surface area contributed by atoms with E-state index >= 15 is 0 Å². The minimum atomic E-state index is -1.27. The van der Waals surface area contributed by atoms with Crippen LogP contribution in [0, 0.1) is 17.8 Å². The molecule has 137 valence electrons. The standard InChI is InChI=1S/2C6H10O3.C4H9O.Ti/c2*1-3-5(4(2)7)6(8)9;1-4(2)3-5;/h2*5H,3H2,1-2H3,(H,8,9);4H,3H2,1-2H3;/q;;-1;+3/p-2. The van der Waals surface area contributed by atoms with E-state index in [0.29, 0.717) is 18.8 Å². The van der Waals surface area contributed by atoms with Gasteiger partial charge in [-0.1, -0.05) is 13.8 Å². The quantitative estimate of drug-likeness (QED) is 0.423. The molecule has 0 saturated carbocycles. The Morgan fingerprint density at radius 3 is 1.17 bits per heavy atom. The molecule has 2 unspecified atom stereocenters. The van der Waals surface area contributed by atoms with Gasteiger partial charge in [-0.25, -0.2) is 0 Å². The molecule has 0 N–H and O–H groups in total. The van der Waals surface area contributed by atoms with Crippen LogP contribution in [-0.4, -0.2) is 30.1 Å². The summed E-state index contributed by atoms with van der Waals surface area (Å²) in [6.45, 7) is 10.9. The molecular formula is C16H27O7Ti. The van der Waals surface area contributed by atoms with Crippen LogP contribution in [0.1, 0.15) is 54.4 Å². The molecule has 0 bridgehead atoms. The van der Waals surface area contributed by atoms with Crippen LogP contribution in [0.5, 0.6) is 0 Å². The molecule has 0 saturated heterocycles. The molecule has 0 rings (SSSR count). The van der Waals surface area contributed by atoms with E-state index in [1.54, 1.807) is 34.7 Å². The van der Waals surface area contributed by atoms with Crippen LogP contribution in [0.15, 0.2) is 0 Å². The molecule has 0 aliphatic carbocycles. The number of rotatable bonds is 8. The van der Waals surface area contributed by atoms with Crippen molar-refractivity contribution in [1.82, 2.24) is 0 Å². The molecule has 0 aromatic carbocycles. The van der Waals surface area contributed by atoms with E-state index in [4.69, 9.17) is 3.32 Å². The van der Waals surface area contributed by atoms with Crippen LogP contribution in [0.2, 0.25) is 0 Å². The Morgan fingerprint density at radius 1 is 0.875 bits per heavy atom. The molecule has 0 aromatic heterocycles. The number of aliphatic carboxylic acids is 2. The van der Waals surface area contributed by atoms with E-state index in [2.05, 4.69) is 13.8 Å². The Morgan fingerprint density at radius 2 is 1.17 bits per heavy atom. The summed E-state index contributed by atoms with van der Waals surface area (Å²) in [7, 11) is 0. The number of carboxylic acid groups (broad SMARTS) is 2. The van der Waals surface area contributed by atoms with Crippen LogP contribution in [0.3, 0.4) is 0 Å². The molecule has 0 radical (unpaired) electrons. The number of carboxylic acids is 2. The van der Waals surface area contributed by atoms with Gasteiger partial charge in [0.2, 0.25) is 0 Å². The van der Waals surface area contributed by atoms with Gasteiger partial charge in [-0.2, -0.15) is 0 Å². The van der Waals surface area contributed by atoms with Crippen molar-refractivity contribution in [2.75, 3.05) is 6.61 Å². The molecule has 2 atom stereocenters. The fourth-order valence-corrected chi connectivity index (χ4v) is 1.93. The van der Waals surface area contributed by atoms with Gasteiger partial charge in [-0.15, -0.1) is 0 Å². The second-order valence-electron chi connectivity index (χ2n) is 5.49. The minimum Gasteiger partial charge on any atom is -0.549 e. The van der Waals surface area contributed by atoms with Gasteiger partial charge in [0.15, 0.2) is 0 Å². The predicted octanol–water partition coefficient (Wildman–Crippen LogP) is -0.176. The zero-order chi connectivity index (χ0) is 19.9. The maximum atomic E-state index is 10.4. The minimum absolute atomic E-state index is 0.317. The first-order valence-corrected chi connectivity index (χ1v) is 8.30. The van der Waals surface area contributed by atoms with Gasteiger partial charge >= 0.3 is 50.5 Å². The normalized spacial score (nSPS) is 12.0. The zero-order valence-electron chi connectivity index (χ0n) is 15.2. The summed E-state index contributed by atoms with van der Waals surface area (Å²) >= 11 is 1.72. The molecular weight excluding hydrogens is 352 g/mol. The van der Waals surface area contributed by atoms with Crippen molar-refractivity contribution in [3.05, 3.63) is 0 Å². The van der Waals surface area contributed by atoms with E-state index in [1.165, 1.54) is 13.8 Å². The molecule has 0 aliphatic heterocycles. The van der Waals surface area contributed by atoms with Crippen LogP contribution in [-0.2, 0) is 43.3 Å². The van der Waals surface area contributed by atoms with Gasteiger partial charge in [-0.3, -0.25) is 9.59 Å². The first-order valence-electron chi connectivity index (χ1n) is 7.67. The first kappa shape index (κ1) is 27.8. The summed E-state index contributed by atoms with van der Waals surface area (Å²) in [5.41, 5.74) is 0. The van der Waals surface area contributed by atoms with Crippen LogP contribution >= 0.6 is 0 Å². The molecule has 7 nitrogen and oxygen atoms in total. The molecule has 0 aliphatic rings. The van der Waals surface area contributed by atoms with E-state index in [1.807, 2.05) is 0 Å². The van der Waals surface area contributed by atoms with E-state index in [9.17, 15) is 29.4 Å². The van der Waals surface area contributed by atoms with Gasteiger partial charge in [0, 0.05) is 0 Å². The third kappa shape index (κ3) is 17.3. The Labute approximate surface area is 156 Å². The molecule has 8 heteroatoms. The number of hydrogen-bond donors (Lipinski definition) is 0. The van der Waals surface area contributed by atoms with Crippen molar-refractivity contribution in [1.29, 1.82) is 0 Å². The molecule has 0 fully saturated rings. The summed E-state index contributed by atoms with van der Waals surface area (Å²) < 4.78 is 4.80. The number of hydrogen-bond acceptors (Lipinski definition) is 7. The fourth-order valence-electron chi connectivity index (χ4n) is 1.41. The maximum Gasteiger partial charge on any atom is 0.138 e. The number of ketones is 2. The van der Waals surface area contributed by atoms with E-state index in [-0.39, 0.29) is 11.6 Å².